The Kier molecular flexibility index (Phi) is 3.94. The molecule has 4 nitrogen and oxygen atoms in total. The average Bonchev–Trinajstić information content (AvgIpc) is 3.08. The molecule has 3 N–H and O–H groups in total. The maximum Gasteiger partial charge on any atom is 0.241 e. The monoisotopic (exact) mass is 298 g/mol. The van der Waals surface area contributed by atoms with Gasteiger partial charge in [0.25, 0.3) is 0 Å². The van der Waals surface area contributed by atoms with Gasteiger partial charge in [-0.15, -0.1) is 0 Å². The minimum absolute atomic E-state index is 0.218. The van der Waals surface area contributed by atoms with Crippen LogP contribution in [0, 0.1) is 19.8 Å². The van der Waals surface area contributed by atoms with E-state index in [2.05, 4.69) is 4.72 Å². The molecule has 2 rings (SSSR count). The van der Waals surface area contributed by atoms with Crippen molar-refractivity contribution in [2.45, 2.75) is 37.6 Å². The molecule has 0 saturated heterocycles. The number of sulfonamides is 1. The number of nitrogens with two attached hydrogens (primary N) is 1. The molecule has 0 heterocycles. The zero-order chi connectivity index (χ0) is 14.2. The van der Waals surface area contributed by atoms with Crippen LogP contribution in [0.5, 0.6) is 0 Å². The van der Waals surface area contributed by atoms with Crippen molar-refractivity contribution in [3.05, 3.63) is 29.3 Å². The summed E-state index contributed by atoms with van der Waals surface area (Å²) < 4.78 is 27.4. The molecule has 1 fully saturated rings. The molecule has 1 atom stereocenters. The summed E-state index contributed by atoms with van der Waals surface area (Å²) >= 11 is 4.96. The molecule has 0 radical (unpaired) electrons. The van der Waals surface area contributed by atoms with Crippen molar-refractivity contribution in [1.29, 1.82) is 0 Å². The van der Waals surface area contributed by atoms with Crippen molar-refractivity contribution >= 4 is 27.2 Å². The van der Waals surface area contributed by atoms with Crippen LogP contribution in [0.3, 0.4) is 0 Å². The molecule has 1 unspecified atom stereocenters. The van der Waals surface area contributed by atoms with Gasteiger partial charge >= 0.3 is 0 Å². The Bertz CT molecular complexity index is 607. The lowest BCUT2D eigenvalue weighted by Crippen LogP contribution is -2.45. The van der Waals surface area contributed by atoms with E-state index in [1.807, 2.05) is 13.0 Å². The van der Waals surface area contributed by atoms with E-state index in [9.17, 15) is 8.42 Å². The largest absolute Gasteiger partial charge is 0.392 e. The Balaban J connectivity index is 2.29. The molecular weight excluding hydrogens is 280 g/mol. The maximum absolute atomic E-state index is 12.4. The smallest absolute Gasteiger partial charge is 0.241 e. The number of thiocarbonyl (C=S) groups is 1. The molecule has 1 aromatic carbocycles. The van der Waals surface area contributed by atoms with E-state index >= 15 is 0 Å². The van der Waals surface area contributed by atoms with Crippen LogP contribution in [0.15, 0.2) is 23.1 Å². The Hall–Kier alpha value is -0.980. The number of aryl methyl sites for hydroxylation is 2. The van der Waals surface area contributed by atoms with Gasteiger partial charge in [-0.2, -0.15) is 0 Å². The summed E-state index contributed by atoms with van der Waals surface area (Å²) in [6.07, 6.45) is 1.94. The first-order valence-electron chi connectivity index (χ1n) is 6.20. The molecule has 1 saturated carbocycles. The lowest BCUT2D eigenvalue weighted by atomic mass is 10.2. The first-order valence-corrected chi connectivity index (χ1v) is 8.09. The molecule has 0 amide bonds. The number of nitrogens with one attached hydrogen (secondary N) is 1. The lowest BCUT2D eigenvalue weighted by Gasteiger charge is -2.18. The summed E-state index contributed by atoms with van der Waals surface area (Å²) in [4.78, 5) is 0.510. The molecular formula is C13H18N2O2S2. The highest BCUT2D eigenvalue weighted by Crippen LogP contribution is 2.33. The second-order valence-electron chi connectivity index (χ2n) is 5.11. The van der Waals surface area contributed by atoms with E-state index < -0.39 is 16.1 Å². The van der Waals surface area contributed by atoms with Gasteiger partial charge in [-0.3, -0.25) is 0 Å². The van der Waals surface area contributed by atoms with Crippen LogP contribution in [0.1, 0.15) is 24.0 Å². The third-order valence-electron chi connectivity index (χ3n) is 3.30. The van der Waals surface area contributed by atoms with Crippen molar-refractivity contribution in [1.82, 2.24) is 4.72 Å². The van der Waals surface area contributed by atoms with Gasteiger partial charge in [-0.25, -0.2) is 13.1 Å². The second kappa shape index (κ2) is 5.19. The van der Waals surface area contributed by atoms with Gasteiger partial charge in [0.1, 0.15) is 0 Å². The van der Waals surface area contributed by atoms with Gasteiger partial charge in [0.2, 0.25) is 10.0 Å². The fourth-order valence-corrected chi connectivity index (χ4v) is 3.98. The van der Waals surface area contributed by atoms with Gasteiger partial charge in [-0.05, 0) is 44.2 Å². The van der Waals surface area contributed by atoms with Crippen LogP contribution in [-0.4, -0.2) is 19.4 Å². The summed E-state index contributed by atoms with van der Waals surface area (Å²) in [6.45, 7) is 3.72. The van der Waals surface area contributed by atoms with Crippen molar-refractivity contribution < 1.29 is 8.42 Å². The quantitative estimate of drug-likeness (QED) is 0.811. The van der Waals surface area contributed by atoms with E-state index in [1.54, 1.807) is 19.1 Å². The van der Waals surface area contributed by atoms with Crippen molar-refractivity contribution in [2.75, 3.05) is 0 Å². The van der Waals surface area contributed by atoms with Crippen LogP contribution in [0.4, 0.5) is 0 Å². The minimum atomic E-state index is -3.57. The standard InChI is InChI=1S/C13H18N2O2S2/c1-8-3-6-11(9(2)7-8)19(16,17)15-12(13(14)18)10-4-5-10/h3,6-7,10,12,15H,4-5H2,1-2H3,(H2,14,18). The highest BCUT2D eigenvalue weighted by Gasteiger charge is 2.36. The van der Waals surface area contributed by atoms with Gasteiger partial charge in [-0.1, -0.05) is 29.9 Å². The summed E-state index contributed by atoms with van der Waals surface area (Å²) in [5.41, 5.74) is 7.39. The second-order valence-corrected chi connectivity index (χ2v) is 7.26. The van der Waals surface area contributed by atoms with Gasteiger partial charge in [0.15, 0.2) is 0 Å². The van der Waals surface area contributed by atoms with Gasteiger partial charge in [0, 0.05) is 0 Å². The summed E-state index contributed by atoms with van der Waals surface area (Å²) in [6, 6.07) is 4.83. The SMILES string of the molecule is Cc1ccc(S(=O)(=O)NC(C(N)=S)C2CC2)c(C)c1. The number of hydrogen-bond donors (Lipinski definition) is 2. The topological polar surface area (TPSA) is 72.2 Å². The molecule has 1 aliphatic rings. The summed E-state index contributed by atoms with van der Waals surface area (Å²) in [7, 11) is -3.57. The first-order chi connectivity index (χ1) is 8.81. The van der Waals surface area contributed by atoms with E-state index in [-0.39, 0.29) is 10.9 Å². The van der Waals surface area contributed by atoms with E-state index in [4.69, 9.17) is 18.0 Å². The highest BCUT2D eigenvalue weighted by molar-refractivity contribution is 7.89. The Labute approximate surface area is 119 Å². The van der Waals surface area contributed by atoms with Crippen LogP contribution in [-0.2, 0) is 10.0 Å². The van der Waals surface area contributed by atoms with Gasteiger partial charge in [0.05, 0.1) is 15.9 Å². The third-order valence-corrected chi connectivity index (χ3v) is 5.16. The molecule has 1 aromatic rings. The lowest BCUT2D eigenvalue weighted by molar-refractivity contribution is 0.564. The predicted molar refractivity (Wildman–Crippen MR) is 79.5 cm³/mol. The van der Waals surface area contributed by atoms with E-state index in [1.165, 1.54) is 0 Å². The molecule has 0 spiro atoms. The summed E-state index contributed by atoms with van der Waals surface area (Å²) in [5, 5.41) is 0. The Morgan fingerprint density at radius 1 is 1.42 bits per heavy atom. The van der Waals surface area contributed by atoms with Crippen LogP contribution in [0.25, 0.3) is 0 Å². The highest BCUT2D eigenvalue weighted by atomic mass is 32.2. The number of benzene rings is 1. The Morgan fingerprint density at radius 2 is 2.05 bits per heavy atom. The normalized spacial score (nSPS) is 17.2. The molecule has 0 bridgehead atoms. The van der Waals surface area contributed by atoms with Crippen molar-refractivity contribution in [3.8, 4) is 0 Å². The molecule has 0 aliphatic heterocycles. The summed E-state index contributed by atoms with van der Waals surface area (Å²) in [5.74, 6) is 0.248. The van der Waals surface area contributed by atoms with Gasteiger partial charge < -0.3 is 5.73 Å². The third kappa shape index (κ3) is 3.32. The molecule has 6 heteroatoms. The number of rotatable bonds is 5. The van der Waals surface area contributed by atoms with Crippen molar-refractivity contribution in [3.63, 3.8) is 0 Å². The number of hydrogen-bond acceptors (Lipinski definition) is 3. The Morgan fingerprint density at radius 3 is 2.53 bits per heavy atom. The zero-order valence-corrected chi connectivity index (χ0v) is 12.6. The van der Waals surface area contributed by atoms with Crippen LogP contribution < -0.4 is 10.5 Å². The van der Waals surface area contributed by atoms with E-state index in [0.717, 1.165) is 24.0 Å². The van der Waals surface area contributed by atoms with Crippen LogP contribution in [0.2, 0.25) is 0 Å². The molecule has 1 aliphatic carbocycles. The van der Waals surface area contributed by atoms with Crippen molar-refractivity contribution in [2.24, 2.45) is 11.7 Å². The molecule has 0 aromatic heterocycles. The predicted octanol–water partition coefficient (Wildman–Crippen LogP) is 1.65. The zero-order valence-electron chi connectivity index (χ0n) is 11.0. The van der Waals surface area contributed by atoms with E-state index in [0.29, 0.717) is 4.90 Å². The molecule has 19 heavy (non-hydrogen) atoms. The molecule has 104 valence electrons. The first kappa shape index (κ1) is 14.4. The van der Waals surface area contributed by atoms with Crippen LogP contribution >= 0.6 is 12.2 Å². The fourth-order valence-electron chi connectivity index (χ4n) is 2.15. The fraction of sp³-hybridized carbons (Fsp3) is 0.462. The minimum Gasteiger partial charge on any atom is -0.392 e. The average molecular weight is 298 g/mol. The maximum atomic E-state index is 12.4.